The van der Waals surface area contributed by atoms with E-state index in [1.807, 2.05) is 29.1 Å². The number of ketones is 1. The van der Waals surface area contributed by atoms with E-state index in [1.54, 1.807) is 7.11 Å². The second-order valence-corrected chi connectivity index (χ2v) is 7.79. The van der Waals surface area contributed by atoms with Gasteiger partial charge in [-0.2, -0.15) is 5.10 Å². The normalized spacial score (nSPS) is 24.9. The van der Waals surface area contributed by atoms with Gasteiger partial charge in [-0.05, 0) is 43.6 Å². The highest BCUT2D eigenvalue weighted by molar-refractivity contribution is 6.06. The van der Waals surface area contributed by atoms with Crippen LogP contribution in [0.2, 0.25) is 0 Å². The fraction of sp³-hybridized carbons (Fsp3) is 0.619. The van der Waals surface area contributed by atoms with Crippen LogP contribution in [0, 0.1) is 17.8 Å². The first-order chi connectivity index (χ1) is 12.7. The zero-order valence-electron chi connectivity index (χ0n) is 15.9. The van der Waals surface area contributed by atoms with E-state index in [2.05, 4.69) is 16.9 Å². The number of rotatable bonds is 9. The topological polar surface area (TPSA) is 47.4 Å². The van der Waals surface area contributed by atoms with Gasteiger partial charge in [0.2, 0.25) is 0 Å². The highest BCUT2D eigenvalue weighted by Gasteiger charge is 2.54. The standard InChI is InChI=1S/C21H29N3O2/c1-3-24-12-15-6-4-7-17(21(15)22-24)20(25)9-8-16-18-13-23(14-19(16)18)10-5-11-26-2/h4,6-7,12,16,18-19H,3,5,8-11,13-14H2,1-2H3. The van der Waals surface area contributed by atoms with E-state index in [4.69, 9.17) is 4.74 Å². The van der Waals surface area contributed by atoms with E-state index in [0.29, 0.717) is 6.42 Å². The number of hydrogen-bond acceptors (Lipinski definition) is 4. The summed E-state index contributed by atoms with van der Waals surface area (Å²) in [4.78, 5) is 15.3. The Morgan fingerprint density at radius 1 is 1.31 bits per heavy atom. The molecule has 0 radical (unpaired) electrons. The molecule has 1 aromatic carbocycles. The Hall–Kier alpha value is -1.72. The predicted octanol–water partition coefficient (Wildman–Crippen LogP) is 3.23. The van der Waals surface area contributed by atoms with Gasteiger partial charge in [-0.1, -0.05) is 12.1 Å². The number of fused-ring (bicyclic) bond motifs is 2. The van der Waals surface area contributed by atoms with Crippen molar-refractivity contribution in [3.05, 3.63) is 30.0 Å². The number of ether oxygens (including phenoxy) is 1. The van der Waals surface area contributed by atoms with E-state index < -0.39 is 0 Å². The van der Waals surface area contributed by atoms with Gasteiger partial charge in [-0.3, -0.25) is 9.48 Å². The van der Waals surface area contributed by atoms with Gasteiger partial charge in [0, 0.05) is 63.5 Å². The van der Waals surface area contributed by atoms with Crippen molar-refractivity contribution in [2.45, 2.75) is 32.7 Å². The highest BCUT2D eigenvalue weighted by Crippen LogP contribution is 2.54. The molecule has 1 aromatic heterocycles. The molecule has 5 heteroatoms. The number of nitrogens with zero attached hydrogens (tertiary/aromatic N) is 3. The second-order valence-electron chi connectivity index (χ2n) is 7.79. The van der Waals surface area contributed by atoms with Crippen LogP contribution in [-0.4, -0.2) is 53.8 Å². The van der Waals surface area contributed by atoms with Crippen LogP contribution < -0.4 is 0 Å². The molecule has 1 aliphatic heterocycles. The van der Waals surface area contributed by atoms with Gasteiger partial charge in [0.05, 0.1) is 0 Å². The Morgan fingerprint density at radius 3 is 2.85 bits per heavy atom. The lowest BCUT2D eigenvalue weighted by atomic mass is 10.0. The summed E-state index contributed by atoms with van der Waals surface area (Å²) in [5.41, 5.74) is 1.65. The van der Waals surface area contributed by atoms with Gasteiger partial charge < -0.3 is 9.64 Å². The predicted molar refractivity (Wildman–Crippen MR) is 102 cm³/mol. The number of aromatic nitrogens is 2. The number of carbonyl (C=O) groups is 1. The summed E-state index contributed by atoms with van der Waals surface area (Å²) in [6, 6.07) is 5.94. The SMILES string of the molecule is CCn1cc2cccc(C(=O)CCC3C4CN(CCCOC)CC34)c2n1. The van der Waals surface area contributed by atoms with E-state index in [-0.39, 0.29) is 5.78 Å². The Kier molecular flexibility index (Phi) is 5.09. The largest absolute Gasteiger partial charge is 0.385 e. The minimum absolute atomic E-state index is 0.249. The number of hydrogen-bond donors (Lipinski definition) is 0. The molecule has 1 aliphatic carbocycles. The smallest absolute Gasteiger partial charge is 0.165 e. The molecule has 0 spiro atoms. The van der Waals surface area contributed by atoms with E-state index in [0.717, 1.165) is 66.8 Å². The van der Waals surface area contributed by atoms with Gasteiger partial charge in [-0.15, -0.1) is 0 Å². The third kappa shape index (κ3) is 3.42. The van der Waals surface area contributed by atoms with E-state index in [9.17, 15) is 4.79 Å². The van der Waals surface area contributed by atoms with Crippen LogP contribution in [0.15, 0.2) is 24.4 Å². The molecule has 5 nitrogen and oxygen atoms in total. The van der Waals surface area contributed by atoms with Crippen molar-refractivity contribution < 1.29 is 9.53 Å². The molecule has 2 heterocycles. The van der Waals surface area contributed by atoms with Gasteiger partial charge in [0.15, 0.2) is 5.78 Å². The molecule has 4 rings (SSSR count). The van der Waals surface area contributed by atoms with Crippen molar-refractivity contribution >= 4 is 16.7 Å². The lowest BCUT2D eigenvalue weighted by Gasteiger charge is -2.18. The Balaban J connectivity index is 1.29. The van der Waals surface area contributed by atoms with Gasteiger partial charge in [0.25, 0.3) is 0 Å². The Morgan fingerprint density at radius 2 is 2.12 bits per heavy atom. The molecule has 26 heavy (non-hydrogen) atoms. The molecule has 0 amide bonds. The average molecular weight is 355 g/mol. The number of aryl methyl sites for hydroxylation is 1. The minimum atomic E-state index is 0.249. The van der Waals surface area contributed by atoms with Crippen LogP contribution in [0.1, 0.15) is 36.5 Å². The number of carbonyl (C=O) groups excluding carboxylic acids is 1. The van der Waals surface area contributed by atoms with Crippen molar-refractivity contribution in [1.29, 1.82) is 0 Å². The van der Waals surface area contributed by atoms with Gasteiger partial charge in [0.1, 0.15) is 5.52 Å². The summed E-state index contributed by atoms with van der Waals surface area (Å²) < 4.78 is 7.04. The first-order valence-electron chi connectivity index (χ1n) is 9.92. The van der Waals surface area contributed by atoms with Crippen LogP contribution in [0.25, 0.3) is 10.9 Å². The van der Waals surface area contributed by atoms with Crippen molar-refractivity contribution in [3.63, 3.8) is 0 Å². The van der Waals surface area contributed by atoms with Crippen LogP contribution in [0.3, 0.4) is 0 Å². The van der Waals surface area contributed by atoms with E-state index >= 15 is 0 Å². The monoisotopic (exact) mass is 355 g/mol. The molecule has 2 aromatic rings. The molecule has 0 N–H and O–H groups in total. The fourth-order valence-electron chi connectivity index (χ4n) is 4.69. The first kappa shape index (κ1) is 17.7. The molecule has 140 valence electrons. The number of benzene rings is 1. The van der Waals surface area contributed by atoms with Crippen molar-refractivity contribution in [2.24, 2.45) is 17.8 Å². The first-order valence-corrected chi connectivity index (χ1v) is 9.92. The summed E-state index contributed by atoms with van der Waals surface area (Å²) >= 11 is 0. The molecule has 1 saturated heterocycles. The number of methoxy groups -OCH3 is 1. The number of Topliss-reactive ketones (excluding diaryl/α,β-unsaturated/α-hetero) is 1. The average Bonchev–Trinajstić information content (AvgIpc) is 3.02. The number of piperidine rings is 1. The summed E-state index contributed by atoms with van der Waals surface area (Å²) in [5, 5.41) is 5.64. The van der Waals surface area contributed by atoms with Crippen molar-refractivity contribution in [1.82, 2.24) is 14.7 Å². The summed E-state index contributed by atoms with van der Waals surface area (Å²) in [6.45, 7) is 7.32. The zero-order chi connectivity index (χ0) is 18.1. The summed E-state index contributed by atoms with van der Waals surface area (Å²) in [5.74, 6) is 2.64. The molecule has 2 fully saturated rings. The molecule has 2 atom stereocenters. The molecule has 0 bridgehead atoms. The minimum Gasteiger partial charge on any atom is -0.385 e. The molecule has 2 unspecified atom stereocenters. The summed E-state index contributed by atoms with van der Waals surface area (Å²) in [6.07, 6.45) is 4.83. The van der Waals surface area contributed by atoms with Crippen molar-refractivity contribution in [2.75, 3.05) is 33.4 Å². The summed E-state index contributed by atoms with van der Waals surface area (Å²) in [7, 11) is 1.77. The lowest BCUT2D eigenvalue weighted by Crippen LogP contribution is -2.26. The maximum atomic E-state index is 12.8. The molecule has 1 saturated carbocycles. The molecular weight excluding hydrogens is 326 g/mol. The highest BCUT2D eigenvalue weighted by atomic mass is 16.5. The molecular formula is C21H29N3O2. The maximum Gasteiger partial charge on any atom is 0.165 e. The van der Waals surface area contributed by atoms with E-state index in [1.165, 1.54) is 13.1 Å². The fourth-order valence-corrected chi connectivity index (χ4v) is 4.69. The van der Waals surface area contributed by atoms with Gasteiger partial charge >= 0.3 is 0 Å². The van der Waals surface area contributed by atoms with Crippen LogP contribution >= 0.6 is 0 Å². The van der Waals surface area contributed by atoms with Crippen LogP contribution in [0.4, 0.5) is 0 Å². The van der Waals surface area contributed by atoms with Gasteiger partial charge in [-0.25, -0.2) is 0 Å². The maximum absolute atomic E-state index is 12.8. The lowest BCUT2D eigenvalue weighted by molar-refractivity contribution is 0.0977. The number of likely N-dealkylation sites (tertiary alicyclic amines) is 1. The third-order valence-corrected chi connectivity index (χ3v) is 6.18. The van der Waals surface area contributed by atoms with Crippen LogP contribution in [0.5, 0.6) is 0 Å². The Labute approximate surface area is 155 Å². The zero-order valence-corrected chi connectivity index (χ0v) is 15.9. The molecule has 2 aliphatic rings. The Bertz CT molecular complexity index is 773. The second kappa shape index (κ2) is 7.49. The third-order valence-electron chi connectivity index (χ3n) is 6.18. The quantitative estimate of drug-likeness (QED) is 0.512. The van der Waals surface area contributed by atoms with Crippen molar-refractivity contribution in [3.8, 4) is 0 Å². The van der Waals surface area contributed by atoms with Crippen LogP contribution in [-0.2, 0) is 11.3 Å².